The minimum atomic E-state index is -0.248. The molecule has 1 aliphatic rings. The van der Waals surface area contributed by atoms with E-state index in [0.29, 0.717) is 22.6 Å². The molecule has 1 aromatic heterocycles. The summed E-state index contributed by atoms with van der Waals surface area (Å²) in [6.45, 7) is 0.139. The lowest BCUT2D eigenvalue weighted by molar-refractivity contribution is 0.0747. The fourth-order valence-corrected chi connectivity index (χ4v) is 2.16. The molecule has 22 heavy (non-hydrogen) atoms. The molecule has 0 bridgehead atoms. The highest BCUT2D eigenvalue weighted by atomic mass is 16.7. The number of fused-ring (bicyclic) bond motifs is 1. The fourth-order valence-electron chi connectivity index (χ4n) is 2.16. The summed E-state index contributed by atoms with van der Waals surface area (Å²) in [5.74, 6) is 0.753. The molecule has 1 aromatic carbocycles. The first-order valence-corrected chi connectivity index (χ1v) is 6.73. The van der Waals surface area contributed by atoms with E-state index in [-0.39, 0.29) is 25.0 Å². The Labute approximate surface area is 127 Å². The van der Waals surface area contributed by atoms with Gasteiger partial charge >= 0.3 is 0 Å². The number of rotatable bonds is 4. The highest BCUT2D eigenvalue weighted by Gasteiger charge is 2.19. The van der Waals surface area contributed by atoms with Crippen molar-refractivity contribution in [2.75, 3.05) is 20.4 Å². The van der Waals surface area contributed by atoms with Crippen molar-refractivity contribution in [2.24, 2.45) is 0 Å². The van der Waals surface area contributed by atoms with Gasteiger partial charge in [-0.2, -0.15) is 0 Å². The van der Waals surface area contributed by atoms with Crippen molar-refractivity contribution in [3.63, 3.8) is 0 Å². The van der Waals surface area contributed by atoms with Crippen LogP contribution in [0.3, 0.4) is 0 Å². The monoisotopic (exact) mass is 298 g/mol. The lowest BCUT2D eigenvalue weighted by Crippen LogP contribution is -2.32. The van der Waals surface area contributed by atoms with Crippen molar-refractivity contribution >= 4 is 11.7 Å². The molecule has 0 unspecified atom stereocenters. The zero-order chi connectivity index (χ0) is 15.5. The Morgan fingerprint density at radius 2 is 2.00 bits per heavy atom. The van der Waals surface area contributed by atoms with Gasteiger partial charge < -0.3 is 14.4 Å². The van der Waals surface area contributed by atoms with Gasteiger partial charge in [0, 0.05) is 25.0 Å². The van der Waals surface area contributed by atoms with Crippen LogP contribution in [-0.4, -0.2) is 42.0 Å². The van der Waals surface area contributed by atoms with Crippen molar-refractivity contribution in [1.29, 1.82) is 0 Å². The standard InChI is InChI=1S/C16H14N2O4/c1-18(16(20)12-3-2-6-17-8-12)9-13(19)11-4-5-14-15(7-11)22-10-21-14/h2-8H,9-10H2,1H3. The molecule has 0 spiro atoms. The van der Waals surface area contributed by atoms with Crippen molar-refractivity contribution in [3.8, 4) is 11.5 Å². The summed E-state index contributed by atoms with van der Waals surface area (Å²) in [7, 11) is 1.58. The maximum Gasteiger partial charge on any atom is 0.255 e. The third-order valence-corrected chi connectivity index (χ3v) is 3.33. The van der Waals surface area contributed by atoms with Crippen LogP contribution >= 0.6 is 0 Å². The SMILES string of the molecule is CN(CC(=O)c1ccc2c(c1)OCO2)C(=O)c1cccnc1. The summed E-state index contributed by atoms with van der Waals surface area (Å²) in [6.07, 6.45) is 3.07. The first-order chi connectivity index (χ1) is 10.6. The van der Waals surface area contributed by atoms with Gasteiger partial charge in [0.2, 0.25) is 6.79 Å². The fraction of sp³-hybridized carbons (Fsp3) is 0.188. The number of ether oxygens (including phenoxy) is 2. The number of aromatic nitrogens is 1. The Balaban J connectivity index is 1.70. The van der Waals surface area contributed by atoms with Gasteiger partial charge in [0.05, 0.1) is 12.1 Å². The summed E-state index contributed by atoms with van der Waals surface area (Å²) in [5.41, 5.74) is 0.929. The molecule has 0 aliphatic carbocycles. The van der Waals surface area contributed by atoms with Crippen LogP contribution in [0.2, 0.25) is 0 Å². The van der Waals surface area contributed by atoms with Gasteiger partial charge in [-0.25, -0.2) is 0 Å². The predicted octanol–water partition coefficient (Wildman–Crippen LogP) is 1.77. The molecule has 6 heteroatoms. The molecule has 0 N–H and O–H groups in total. The number of carbonyl (C=O) groups is 2. The van der Waals surface area contributed by atoms with E-state index in [9.17, 15) is 9.59 Å². The van der Waals surface area contributed by atoms with E-state index >= 15 is 0 Å². The van der Waals surface area contributed by atoms with Crippen molar-refractivity contribution in [2.45, 2.75) is 0 Å². The van der Waals surface area contributed by atoms with Crippen LogP contribution in [0.15, 0.2) is 42.7 Å². The van der Waals surface area contributed by atoms with E-state index in [0.717, 1.165) is 0 Å². The van der Waals surface area contributed by atoms with Gasteiger partial charge in [0.25, 0.3) is 5.91 Å². The predicted molar refractivity (Wildman–Crippen MR) is 78.1 cm³/mol. The molecule has 2 heterocycles. The molecule has 0 radical (unpaired) electrons. The van der Waals surface area contributed by atoms with E-state index in [1.165, 1.54) is 11.1 Å². The summed E-state index contributed by atoms with van der Waals surface area (Å²) in [6, 6.07) is 8.33. The van der Waals surface area contributed by atoms with Gasteiger partial charge in [-0.3, -0.25) is 14.6 Å². The lowest BCUT2D eigenvalue weighted by atomic mass is 10.1. The number of hydrogen-bond donors (Lipinski definition) is 0. The number of carbonyl (C=O) groups excluding carboxylic acids is 2. The van der Waals surface area contributed by atoms with Gasteiger partial charge in [-0.15, -0.1) is 0 Å². The molecular weight excluding hydrogens is 284 g/mol. The van der Waals surface area contributed by atoms with Crippen molar-refractivity contribution < 1.29 is 19.1 Å². The van der Waals surface area contributed by atoms with Crippen LogP contribution in [-0.2, 0) is 0 Å². The number of nitrogens with zero attached hydrogens (tertiary/aromatic N) is 2. The molecule has 112 valence electrons. The Kier molecular flexibility index (Phi) is 3.74. The second-order valence-electron chi connectivity index (χ2n) is 4.89. The Morgan fingerprint density at radius 3 is 2.77 bits per heavy atom. The molecule has 2 aromatic rings. The highest BCUT2D eigenvalue weighted by molar-refractivity contribution is 6.02. The minimum absolute atomic E-state index is 0.0205. The second-order valence-corrected chi connectivity index (χ2v) is 4.89. The number of hydrogen-bond acceptors (Lipinski definition) is 5. The normalized spacial score (nSPS) is 12.0. The molecular formula is C16H14N2O4. The maximum atomic E-state index is 12.3. The van der Waals surface area contributed by atoms with E-state index < -0.39 is 0 Å². The number of Topliss-reactive ketones (excluding diaryl/α,β-unsaturated/α-hetero) is 1. The number of benzene rings is 1. The van der Waals surface area contributed by atoms with Crippen LogP contribution in [0.5, 0.6) is 11.5 Å². The average molecular weight is 298 g/mol. The molecule has 0 saturated carbocycles. The topological polar surface area (TPSA) is 68.7 Å². The first-order valence-electron chi connectivity index (χ1n) is 6.73. The molecule has 1 amide bonds. The number of likely N-dealkylation sites (N-methyl/N-ethyl adjacent to an activating group) is 1. The Morgan fingerprint density at radius 1 is 1.18 bits per heavy atom. The zero-order valence-corrected chi connectivity index (χ0v) is 12.0. The van der Waals surface area contributed by atoms with Crippen LogP contribution < -0.4 is 9.47 Å². The van der Waals surface area contributed by atoms with Gasteiger partial charge in [-0.05, 0) is 30.3 Å². The number of ketones is 1. The summed E-state index contributed by atoms with van der Waals surface area (Å²) < 4.78 is 10.5. The zero-order valence-electron chi connectivity index (χ0n) is 12.0. The van der Waals surface area contributed by atoms with E-state index in [4.69, 9.17) is 9.47 Å². The average Bonchev–Trinajstić information content (AvgIpc) is 3.02. The summed E-state index contributed by atoms with van der Waals surface area (Å²) >= 11 is 0. The lowest BCUT2D eigenvalue weighted by Gasteiger charge is -2.16. The van der Waals surface area contributed by atoms with Crippen molar-refractivity contribution in [1.82, 2.24) is 9.88 Å². The molecule has 1 aliphatic heterocycles. The second kappa shape index (κ2) is 5.85. The quantitative estimate of drug-likeness (QED) is 0.805. The smallest absolute Gasteiger partial charge is 0.255 e. The first kappa shape index (κ1) is 14.1. The number of amides is 1. The van der Waals surface area contributed by atoms with Crippen LogP contribution in [0.4, 0.5) is 0 Å². The minimum Gasteiger partial charge on any atom is -0.454 e. The van der Waals surface area contributed by atoms with Crippen LogP contribution in [0.1, 0.15) is 20.7 Å². The third-order valence-electron chi connectivity index (χ3n) is 3.33. The van der Waals surface area contributed by atoms with E-state index in [1.807, 2.05) is 0 Å². The molecule has 6 nitrogen and oxygen atoms in total. The highest BCUT2D eigenvalue weighted by Crippen LogP contribution is 2.32. The Hall–Kier alpha value is -2.89. The molecule has 3 rings (SSSR count). The molecule has 0 fully saturated rings. The van der Waals surface area contributed by atoms with E-state index in [2.05, 4.69) is 4.98 Å². The largest absolute Gasteiger partial charge is 0.454 e. The number of pyridine rings is 1. The van der Waals surface area contributed by atoms with Gasteiger partial charge in [-0.1, -0.05) is 0 Å². The van der Waals surface area contributed by atoms with Crippen molar-refractivity contribution in [3.05, 3.63) is 53.9 Å². The summed E-state index contributed by atoms with van der Waals surface area (Å²) in [5, 5.41) is 0. The van der Waals surface area contributed by atoms with Gasteiger partial charge in [0.1, 0.15) is 0 Å². The van der Waals surface area contributed by atoms with Gasteiger partial charge in [0.15, 0.2) is 17.3 Å². The van der Waals surface area contributed by atoms with Crippen LogP contribution in [0, 0.1) is 0 Å². The maximum absolute atomic E-state index is 12.3. The Bertz CT molecular complexity index is 715. The third kappa shape index (κ3) is 2.76. The summed E-state index contributed by atoms with van der Waals surface area (Å²) in [4.78, 5) is 29.7. The van der Waals surface area contributed by atoms with Crippen LogP contribution in [0.25, 0.3) is 0 Å². The molecule has 0 saturated heterocycles. The van der Waals surface area contributed by atoms with E-state index in [1.54, 1.807) is 43.6 Å². The molecule has 0 atom stereocenters.